The summed E-state index contributed by atoms with van der Waals surface area (Å²) in [6, 6.07) is 5.98. The highest BCUT2D eigenvalue weighted by atomic mass is 16.5. The first-order valence-corrected chi connectivity index (χ1v) is 8.91. The van der Waals surface area contributed by atoms with Crippen LogP contribution in [0.4, 0.5) is 5.69 Å². The minimum Gasteiger partial charge on any atom is -0.452 e. The molecule has 2 saturated heterocycles. The molecule has 0 aliphatic carbocycles. The number of rotatable bonds is 4. The Hall–Kier alpha value is -2.74. The molecule has 3 rings (SSSR count). The van der Waals surface area contributed by atoms with Crippen LogP contribution >= 0.6 is 0 Å². The number of hydrogen-bond acceptors (Lipinski definition) is 6. The zero-order chi connectivity index (χ0) is 19.6. The summed E-state index contributed by atoms with van der Waals surface area (Å²) in [6.07, 6.45) is 0.279. The first-order valence-electron chi connectivity index (χ1n) is 8.91. The third-order valence-electron chi connectivity index (χ3n) is 4.51. The standard InChI is InChI=1S/C19H22N2O6/c1-12-9-20(10-13(2)27-12)18(24)11-26-19(25)14-3-5-15(6-4-14)21-16(22)7-8-17(21)23/h3-6,12-13H,7-11H2,1-2H3/t12-,13-/m0/s1. The molecular formula is C19H22N2O6. The normalized spacial score (nSPS) is 22.9. The zero-order valence-corrected chi connectivity index (χ0v) is 15.3. The average Bonchev–Trinajstić information content (AvgIpc) is 2.97. The number of ether oxygens (including phenoxy) is 2. The van der Waals surface area contributed by atoms with Crippen molar-refractivity contribution in [2.75, 3.05) is 24.6 Å². The van der Waals surface area contributed by atoms with E-state index in [1.54, 1.807) is 4.90 Å². The van der Waals surface area contributed by atoms with Crippen LogP contribution in [0.15, 0.2) is 24.3 Å². The maximum Gasteiger partial charge on any atom is 0.338 e. The third-order valence-corrected chi connectivity index (χ3v) is 4.51. The van der Waals surface area contributed by atoms with E-state index in [1.165, 1.54) is 24.3 Å². The number of morpholine rings is 1. The van der Waals surface area contributed by atoms with E-state index in [1.807, 2.05) is 13.8 Å². The summed E-state index contributed by atoms with van der Waals surface area (Å²) in [4.78, 5) is 50.6. The van der Waals surface area contributed by atoms with Gasteiger partial charge in [-0.25, -0.2) is 4.79 Å². The predicted molar refractivity (Wildman–Crippen MR) is 95.0 cm³/mol. The van der Waals surface area contributed by atoms with Crippen molar-refractivity contribution in [1.29, 1.82) is 0 Å². The highest BCUT2D eigenvalue weighted by molar-refractivity contribution is 6.19. The quantitative estimate of drug-likeness (QED) is 0.579. The molecule has 8 heteroatoms. The van der Waals surface area contributed by atoms with Gasteiger partial charge in [0, 0.05) is 25.9 Å². The molecule has 0 saturated carbocycles. The lowest BCUT2D eigenvalue weighted by molar-refractivity contribution is -0.146. The molecule has 0 aromatic heterocycles. The Morgan fingerprint density at radius 1 is 1.04 bits per heavy atom. The second kappa shape index (κ2) is 7.87. The molecule has 2 aliphatic heterocycles. The summed E-state index contributed by atoms with van der Waals surface area (Å²) in [6.45, 7) is 4.36. The van der Waals surface area contributed by atoms with Gasteiger partial charge in [-0.3, -0.25) is 19.3 Å². The van der Waals surface area contributed by atoms with E-state index < -0.39 is 5.97 Å². The van der Waals surface area contributed by atoms with Gasteiger partial charge >= 0.3 is 5.97 Å². The van der Waals surface area contributed by atoms with Crippen LogP contribution in [-0.4, -0.2) is 60.5 Å². The van der Waals surface area contributed by atoms with Gasteiger partial charge in [-0.05, 0) is 38.1 Å². The molecule has 0 unspecified atom stereocenters. The Morgan fingerprint density at radius 3 is 2.15 bits per heavy atom. The molecule has 0 spiro atoms. The van der Waals surface area contributed by atoms with Crippen molar-refractivity contribution in [3.8, 4) is 0 Å². The van der Waals surface area contributed by atoms with Crippen LogP contribution in [0.5, 0.6) is 0 Å². The Balaban J connectivity index is 1.56. The van der Waals surface area contributed by atoms with Crippen LogP contribution in [0.25, 0.3) is 0 Å². The van der Waals surface area contributed by atoms with E-state index >= 15 is 0 Å². The van der Waals surface area contributed by atoms with Gasteiger partial charge < -0.3 is 14.4 Å². The van der Waals surface area contributed by atoms with E-state index in [0.717, 1.165) is 4.90 Å². The minimum absolute atomic E-state index is 0.0584. The predicted octanol–water partition coefficient (Wildman–Crippen LogP) is 1.13. The number of imide groups is 1. The van der Waals surface area contributed by atoms with E-state index in [4.69, 9.17) is 9.47 Å². The smallest absolute Gasteiger partial charge is 0.338 e. The molecule has 1 aromatic rings. The molecule has 2 fully saturated rings. The Bertz CT molecular complexity index is 734. The molecule has 2 atom stereocenters. The fraction of sp³-hybridized carbons (Fsp3) is 0.474. The number of benzene rings is 1. The van der Waals surface area contributed by atoms with Gasteiger partial charge in [0.05, 0.1) is 23.5 Å². The van der Waals surface area contributed by atoms with Crippen molar-refractivity contribution < 1.29 is 28.7 Å². The second-order valence-electron chi connectivity index (χ2n) is 6.80. The molecule has 0 radical (unpaired) electrons. The maximum atomic E-state index is 12.2. The van der Waals surface area contributed by atoms with Crippen molar-refractivity contribution in [3.63, 3.8) is 0 Å². The first-order chi connectivity index (χ1) is 12.8. The van der Waals surface area contributed by atoms with Gasteiger partial charge in [-0.15, -0.1) is 0 Å². The second-order valence-corrected chi connectivity index (χ2v) is 6.80. The molecule has 0 N–H and O–H groups in total. The van der Waals surface area contributed by atoms with Gasteiger partial charge in [0.15, 0.2) is 6.61 Å². The number of carbonyl (C=O) groups is 4. The summed E-state index contributed by atoms with van der Waals surface area (Å²) in [5.74, 6) is -1.41. The molecular weight excluding hydrogens is 352 g/mol. The van der Waals surface area contributed by atoms with Crippen molar-refractivity contribution in [2.24, 2.45) is 0 Å². The van der Waals surface area contributed by atoms with Crippen molar-refractivity contribution in [3.05, 3.63) is 29.8 Å². The van der Waals surface area contributed by atoms with E-state index in [0.29, 0.717) is 18.8 Å². The monoisotopic (exact) mass is 374 g/mol. The largest absolute Gasteiger partial charge is 0.452 e. The van der Waals surface area contributed by atoms with E-state index in [2.05, 4.69) is 0 Å². The summed E-state index contributed by atoms with van der Waals surface area (Å²) >= 11 is 0. The molecule has 2 aliphatic rings. The molecule has 1 aromatic carbocycles. The average molecular weight is 374 g/mol. The number of nitrogens with zero attached hydrogens (tertiary/aromatic N) is 2. The van der Waals surface area contributed by atoms with Crippen molar-refractivity contribution in [2.45, 2.75) is 38.9 Å². The molecule has 8 nitrogen and oxygen atoms in total. The highest BCUT2D eigenvalue weighted by Crippen LogP contribution is 2.23. The Kier molecular flexibility index (Phi) is 5.55. The number of hydrogen-bond donors (Lipinski definition) is 0. The first kappa shape index (κ1) is 19.0. The third kappa shape index (κ3) is 4.33. The van der Waals surface area contributed by atoms with Gasteiger partial charge in [-0.2, -0.15) is 0 Å². The molecule has 27 heavy (non-hydrogen) atoms. The van der Waals surface area contributed by atoms with Crippen LogP contribution < -0.4 is 4.90 Å². The van der Waals surface area contributed by atoms with Crippen LogP contribution in [0, 0.1) is 0 Å². The zero-order valence-electron chi connectivity index (χ0n) is 15.3. The molecule has 2 heterocycles. The summed E-state index contributed by atoms with van der Waals surface area (Å²) in [5.41, 5.74) is 0.667. The summed E-state index contributed by atoms with van der Waals surface area (Å²) < 4.78 is 10.7. The Morgan fingerprint density at radius 2 is 1.59 bits per heavy atom. The number of esters is 1. The van der Waals surface area contributed by atoms with Gasteiger partial charge in [-0.1, -0.05) is 0 Å². The van der Waals surface area contributed by atoms with Crippen molar-refractivity contribution >= 4 is 29.4 Å². The van der Waals surface area contributed by atoms with Gasteiger partial charge in [0.25, 0.3) is 5.91 Å². The number of anilines is 1. The van der Waals surface area contributed by atoms with Gasteiger partial charge in [0.1, 0.15) is 0 Å². The summed E-state index contributed by atoms with van der Waals surface area (Å²) in [7, 11) is 0. The topological polar surface area (TPSA) is 93.2 Å². The SMILES string of the molecule is C[C@H]1CN(C(=O)COC(=O)c2ccc(N3C(=O)CCC3=O)cc2)C[C@H](C)O1. The molecule has 0 bridgehead atoms. The maximum absolute atomic E-state index is 12.2. The lowest BCUT2D eigenvalue weighted by Crippen LogP contribution is -2.49. The fourth-order valence-corrected chi connectivity index (χ4v) is 3.29. The van der Waals surface area contributed by atoms with E-state index in [9.17, 15) is 19.2 Å². The lowest BCUT2D eigenvalue weighted by Gasteiger charge is -2.35. The number of carbonyl (C=O) groups excluding carboxylic acids is 4. The van der Waals surface area contributed by atoms with Gasteiger partial charge in [0.2, 0.25) is 11.8 Å². The Labute approximate surface area is 157 Å². The lowest BCUT2D eigenvalue weighted by atomic mass is 10.2. The summed E-state index contributed by atoms with van der Waals surface area (Å²) in [5, 5.41) is 0. The van der Waals surface area contributed by atoms with E-state index in [-0.39, 0.29) is 54.9 Å². The van der Waals surface area contributed by atoms with Crippen LogP contribution in [0.3, 0.4) is 0 Å². The fourth-order valence-electron chi connectivity index (χ4n) is 3.29. The van der Waals surface area contributed by atoms with Crippen LogP contribution in [-0.2, 0) is 23.9 Å². The molecule has 3 amide bonds. The highest BCUT2D eigenvalue weighted by Gasteiger charge is 2.30. The molecule has 144 valence electrons. The van der Waals surface area contributed by atoms with Crippen LogP contribution in [0.2, 0.25) is 0 Å². The number of amides is 3. The van der Waals surface area contributed by atoms with Crippen LogP contribution in [0.1, 0.15) is 37.0 Å². The van der Waals surface area contributed by atoms with Crippen molar-refractivity contribution in [1.82, 2.24) is 4.90 Å². The minimum atomic E-state index is -0.636.